The van der Waals surface area contributed by atoms with Crippen molar-refractivity contribution in [3.8, 4) is 0 Å². The summed E-state index contributed by atoms with van der Waals surface area (Å²) in [6.45, 7) is 3.26. The molecule has 0 saturated carbocycles. The minimum absolute atomic E-state index is 0.0334. The van der Waals surface area contributed by atoms with Crippen LogP contribution in [0.15, 0.2) is 40.1 Å². The normalized spacial score (nSPS) is 25.2. The molecule has 9 atom stereocenters. The maximum absolute atomic E-state index is 14.6. The molecule has 76 heavy (non-hydrogen) atoms. The number of nitrogens with zero attached hydrogens (tertiary/aromatic N) is 2. The molecule has 4 heterocycles. The molecule has 4 aliphatic rings. The molecule has 13 N–H and O–H groups in total. The fourth-order valence-corrected chi connectivity index (χ4v) is 11.2. The van der Waals surface area contributed by atoms with Gasteiger partial charge in [0, 0.05) is 43.9 Å². The lowest BCUT2D eigenvalue weighted by Gasteiger charge is -2.33. The van der Waals surface area contributed by atoms with Crippen molar-refractivity contribution in [1.82, 2.24) is 47.0 Å². The first-order valence-electron chi connectivity index (χ1n) is 24.9. The van der Waals surface area contributed by atoms with Crippen molar-refractivity contribution in [3.63, 3.8) is 0 Å². The van der Waals surface area contributed by atoms with E-state index >= 15 is 0 Å². The summed E-state index contributed by atoms with van der Waals surface area (Å²) in [6, 6.07) is -4.28. The van der Waals surface area contributed by atoms with Gasteiger partial charge >= 0.3 is 5.97 Å². The number of carboxylic acids is 1. The molecular formula is C48H65N11O15S2. The quantitative estimate of drug-likeness (QED) is 0.0569. The second-order valence-corrected chi connectivity index (χ2v) is 20.7. The summed E-state index contributed by atoms with van der Waals surface area (Å²) >= 11 is 1.29. The van der Waals surface area contributed by atoms with Gasteiger partial charge in [0.15, 0.2) is 0 Å². The number of fused-ring (bicyclic) bond motifs is 2. The number of nitrogens with one attached hydrogen (secondary N) is 7. The van der Waals surface area contributed by atoms with Gasteiger partial charge in [0.1, 0.15) is 48.3 Å². The van der Waals surface area contributed by atoms with Crippen molar-refractivity contribution in [2.45, 2.75) is 145 Å². The van der Waals surface area contributed by atoms with Gasteiger partial charge < -0.3 is 63.4 Å². The number of hydrogen-bond donors (Lipinski definition) is 11. The van der Waals surface area contributed by atoms with Gasteiger partial charge in [-0.15, -0.1) is 23.5 Å². The predicted octanol–water partition coefficient (Wildman–Crippen LogP) is -3.35. The molecule has 4 aliphatic heterocycles. The Labute approximate surface area is 445 Å². The number of aliphatic hydroxyl groups is 1. The molecule has 0 aromatic heterocycles. The molecular weight excluding hydrogens is 1030 g/mol. The minimum atomic E-state index is -1.82. The van der Waals surface area contributed by atoms with Crippen LogP contribution in [0.1, 0.15) is 90.0 Å². The summed E-state index contributed by atoms with van der Waals surface area (Å²) in [5.74, 6) is -13.7. The molecule has 2 fully saturated rings. The summed E-state index contributed by atoms with van der Waals surface area (Å²) in [6.07, 6.45) is -0.856. The number of primary amides is 2. The molecule has 1 aromatic rings. The van der Waals surface area contributed by atoms with E-state index in [-0.39, 0.29) is 54.3 Å². The fourth-order valence-electron chi connectivity index (χ4n) is 8.90. The van der Waals surface area contributed by atoms with Crippen molar-refractivity contribution in [3.05, 3.63) is 45.7 Å². The third kappa shape index (κ3) is 16.5. The van der Waals surface area contributed by atoms with Crippen LogP contribution in [0, 0.1) is 0 Å². The van der Waals surface area contributed by atoms with Crippen LogP contribution < -0.4 is 48.7 Å². The van der Waals surface area contributed by atoms with Crippen molar-refractivity contribution in [2.24, 2.45) is 11.5 Å². The summed E-state index contributed by atoms with van der Waals surface area (Å²) in [4.78, 5) is 178. The third-order valence-corrected chi connectivity index (χ3v) is 15.4. The number of amides is 12. The molecule has 0 spiro atoms. The SMILES string of the molecule is CCCCCC(=O)N[C@H]1CSC2=C(SC[C@@H](C(=O)N[C@@H](CC(=O)O)C(N)=O)NC(=O)[C@H](Cc3ccccc3)NC(=O)[C@H](CCC(N)=O)NC(=O)[C@H]([C@@H](C)O)NC(=O)[C@@H]3CCCN3C(=O)[C@@H]3CCCN3C1=O)C(=O)NC2=O. The van der Waals surface area contributed by atoms with Gasteiger partial charge in [-0.1, -0.05) is 50.1 Å². The molecule has 1 aromatic carbocycles. The number of hydrogen-bond acceptors (Lipinski definition) is 16. The number of aliphatic carboxylic acids is 1. The van der Waals surface area contributed by atoms with Gasteiger partial charge in [-0.25, -0.2) is 0 Å². The summed E-state index contributed by atoms with van der Waals surface area (Å²) in [5.41, 5.74) is 11.3. The number of carboxylic acid groups (broad SMARTS) is 1. The topological polar surface area (TPSA) is 405 Å². The van der Waals surface area contributed by atoms with Crippen molar-refractivity contribution < 1.29 is 72.5 Å². The van der Waals surface area contributed by atoms with Crippen LogP contribution in [0.5, 0.6) is 0 Å². The zero-order valence-electron chi connectivity index (χ0n) is 42.0. The van der Waals surface area contributed by atoms with Crippen LogP contribution in [-0.4, -0.2) is 176 Å². The Balaban J connectivity index is 1.61. The van der Waals surface area contributed by atoms with E-state index in [2.05, 4.69) is 37.2 Å². The molecule has 2 saturated heterocycles. The maximum atomic E-state index is 14.6. The Morgan fingerprint density at radius 1 is 0.750 bits per heavy atom. The highest BCUT2D eigenvalue weighted by atomic mass is 32.2. The molecule has 0 aliphatic carbocycles. The van der Waals surface area contributed by atoms with E-state index in [1.807, 2.05) is 6.92 Å². The summed E-state index contributed by atoms with van der Waals surface area (Å²) in [7, 11) is 0. The number of rotatable bonds is 16. The predicted molar refractivity (Wildman–Crippen MR) is 272 cm³/mol. The fraction of sp³-hybridized carbons (Fsp3) is 0.562. The Hall–Kier alpha value is -7.07. The Bertz CT molecular complexity index is 2460. The van der Waals surface area contributed by atoms with E-state index in [4.69, 9.17) is 11.5 Å². The number of benzene rings is 1. The van der Waals surface area contributed by atoms with Gasteiger partial charge in [-0.2, -0.15) is 0 Å². The number of unbranched alkanes of at least 4 members (excludes halogenated alkanes) is 2. The summed E-state index contributed by atoms with van der Waals surface area (Å²) in [5, 5.41) is 37.3. The second-order valence-electron chi connectivity index (χ2n) is 18.7. The number of carbonyl (C=O) groups excluding carboxylic acids is 12. The van der Waals surface area contributed by atoms with Crippen LogP contribution in [0.25, 0.3) is 0 Å². The van der Waals surface area contributed by atoms with Gasteiger partial charge in [0.05, 0.1) is 22.3 Å². The molecule has 0 unspecified atom stereocenters. The molecule has 26 nitrogen and oxygen atoms in total. The Morgan fingerprint density at radius 2 is 1.36 bits per heavy atom. The zero-order chi connectivity index (χ0) is 55.8. The Kier molecular flexibility index (Phi) is 22.2. The Morgan fingerprint density at radius 3 is 1.96 bits per heavy atom. The van der Waals surface area contributed by atoms with Crippen molar-refractivity contribution >= 4 is 100 Å². The van der Waals surface area contributed by atoms with Crippen LogP contribution in [0.2, 0.25) is 0 Å². The highest BCUT2D eigenvalue weighted by Gasteiger charge is 2.45. The first-order valence-corrected chi connectivity index (χ1v) is 26.9. The molecule has 414 valence electrons. The van der Waals surface area contributed by atoms with Gasteiger partial charge in [-0.3, -0.25) is 67.6 Å². The van der Waals surface area contributed by atoms with Crippen LogP contribution in [0.3, 0.4) is 0 Å². The van der Waals surface area contributed by atoms with E-state index in [1.165, 1.54) is 16.7 Å². The van der Waals surface area contributed by atoms with E-state index in [0.29, 0.717) is 54.8 Å². The van der Waals surface area contributed by atoms with Crippen molar-refractivity contribution in [2.75, 3.05) is 24.6 Å². The third-order valence-electron chi connectivity index (χ3n) is 12.9. The average molecular weight is 1100 g/mol. The first-order chi connectivity index (χ1) is 36.1. The van der Waals surface area contributed by atoms with Crippen LogP contribution in [0.4, 0.5) is 0 Å². The van der Waals surface area contributed by atoms with E-state index in [1.54, 1.807) is 30.3 Å². The highest BCUT2D eigenvalue weighted by molar-refractivity contribution is 8.08. The zero-order valence-corrected chi connectivity index (χ0v) is 43.6. The molecule has 0 radical (unpaired) electrons. The van der Waals surface area contributed by atoms with Gasteiger partial charge in [0.2, 0.25) is 59.1 Å². The minimum Gasteiger partial charge on any atom is -0.481 e. The largest absolute Gasteiger partial charge is 0.481 e. The summed E-state index contributed by atoms with van der Waals surface area (Å²) < 4.78 is 0. The number of carbonyl (C=O) groups is 13. The number of imide groups is 1. The molecule has 12 amide bonds. The first kappa shape index (κ1) is 59.8. The lowest BCUT2D eigenvalue weighted by molar-refractivity contribution is -0.148. The lowest BCUT2D eigenvalue weighted by Crippen LogP contribution is -2.62. The molecule has 5 rings (SSSR count). The molecule has 28 heteroatoms. The van der Waals surface area contributed by atoms with Crippen molar-refractivity contribution in [1.29, 1.82) is 0 Å². The number of nitrogens with two attached hydrogens (primary N) is 2. The maximum Gasteiger partial charge on any atom is 0.305 e. The van der Waals surface area contributed by atoms with Gasteiger partial charge in [-0.05, 0) is 51.0 Å². The van der Waals surface area contributed by atoms with E-state index < -0.39 is 156 Å². The van der Waals surface area contributed by atoms with E-state index in [9.17, 15) is 72.5 Å². The second kappa shape index (κ2) is 28.2. The number of aliphatic hydroxyl groups excluding tert-OH is 1. The van der Waals surface area contributed by atoms with Crippen LogP contribution in [-0.2, 0) is 68.7 Å². The monoisotopic (exact) mass is 1100 g/mol. The highest BCUT2D eigenvalue weighted by Crippen LogP contribution is 2.34. The standard InChI is InChI=1S/C48H65N11O15S2/c1-3-4-6-15-34(62)51-30-23-76-38-37(45(71)57-46(38)72)75-22-29(42(68)53-27(39(50)65)21-35(63)64)55-41(67)28(20-25-11-7-5-8-12-25)54-40(66)26(16-17-33(49)61)52-44(70)36(24(2)60)56-43(69)31-13-9-18-58(31)48(74)32-14-10-19-59(32)47(30)73/h5,7-8,11-12,24,26-32,36,60H,3-4,6,9-10,13-23H2,1-2H3,(H2,49,61)(H2,50,65)(H,51,62)(H,52,70)(H,53,68)(H,54,66)(H,55,67)(H,56,69)(H,63,64)(H,57,71,72)/t24-,26+,27+,28+,29+,30+,31+,32+,36+/m1/s1. The van der Waals surface area contributed by atoms with E-state index in [0.717, 1.165) is 6.42 Å². The molecule has 0 bridgehead atoms. The number of thioether (sulfide) groups is 2. The smallest absolute Gasteiger partial charge is 0.305 e. The van der Waals surface area contributed by atoms with Gasteiger partial charge in [0.25, 0.3) is 11.8 Å². The lowest BCUT2D eigenvalue weighted by atomic mass is 10.0. The average Bonchev–Trinajstić information content (AvgIpc) is 4.12. The van der Waals surface area contributed by atoms with Crippen LogP contribution >= 0.6 is 23.5 Å².